The van der Waals surface area contributed by atoms with Crippen molar-refractivity contribution in [1.29, 1.82) is 0 Å². The summed E-state index contributed by atoms with van der Waals surface area (Å²) in [5.41, 5.74) is -0.747. The van der Waals surface area contributed by atoms with Crippen LogP contribution < -0.4 is 21.8 Å². The molecule has 2 N–H and O–H groups in total. The predicted molar refractivity (Wildman–Crippen MR) is 73.6 cm³/mol. The van der Waals surface area contributed by atoms with Gasteiger partial charge in [-0.25, -0.2) is 9.79 Å². The number of benzene rings is 1. The first-order chi connectivity index (χ1) is 9.56. The minimum absolute atomic E-state index is 0.00917. The lowest BCUT2D eigenvalue weighted by atomic mass is 10.2. The van der Waals surface area contributed by atoms with Crippen LogP contribution in [-0.2, 0) is 7.05 Å². The molecule has 0 amide bonds. The number of aromatic nitrogens is 2. The van der Waals surface area contributed by atoms with Crippen LogP contribution in [0, 0.1) is 0 Å². The summed E-state index contributed by atoms with van der Waals surface area (Å²) in [6.07, 6.45) is 3.26. The average molecular weight is 269 g/mol. The first-order valence-electron chi connectivity index (χ1n) is 5.96. The highest BCUT2D eigenvalue weighted by Crippen LogP contribution is 2.14. The van der Waals surface area contributed by atoms with Gasteiger partial charge in [0.1, 0.15) is 5.56 Å². The highest BCUT2D eigenvalue weighted by molar-refractivity contribution is 5.67. The van der Waals surface area contributed by atoms with Crippen molar-refractivity contribution in [2.24, 2.45) is 12.0 Å². The summed E-state index contributed by atoms with van der Waals surface area (Å²) < 4.78 is 0.968. The number of allylic oxidation sites excluding steroid dienone is 1. The van der Waals surface area contributed by atoms with Gasteiger partial charge in [-0.1, -0.05) is 18.2 Å². The molecule has 100 valence electrons. The van der Waals surface area contributed by atoms with Crippen LogP contribution in [0.4, 0.5) is 0 Å². The molecule has 0 bridgehead atoms. The van der Waals surface area contributed by atoms with Crippen LogP contribution in [0.5, 0.6) is 5.88 Å². The number of rotatable bonds is 1. The van der Waals surface area contributed by atoms with E-state index in [0.717, 1.165) is 15.1 Å². The molecular formula is C14H11N3O3. The van der Waals surface area contributed by atoms with Crippen molar-refractivity contribution < 1.29 is 5.11 Å². The van der Waals surface area contributed by atoms with Crippen molar-refractivity contribution >= 4 is 12.2 Å². The molecule has 0 aliphatic carbocycles. The Kier molecular flexibility index (Phi) is 2.64. The van der Waals surface area contributed by atoms with Gasteiger partial charge in [0.2, 0.25) is 5.88 Å². The fraction of sp³-hybridized carbons (Fsp3) is 0.0714. The predicted octanol–water partition coefficient (Wildman–Crippen LogP) is -0.766. The average Bonchev–Trinajstić information content (AvgIpc) is 2.83. The van der Waals surface area contributed by atoms with E-state index in [1.807, 2.05) is 24.3 Å². The van der Waals surface area contributed by atoms with Crippen molar-refractivity contribution in [3.8, 4) is 5.88 Å². The van der Waals surface area contributed by atoms with Gasteiger partial charge in [0.05, 0.1) is 11.1 Å². The van der Waals surface area contributed by atoms with E-state index in [9.17, 15) is 14.7 Å². The van der Waals surface area contributed by atoms with Gasteiger partial charge in [-0.3, -0.25) is 14.3 Å². The van der Waals surface area contributed by atoms with Gasteiger partial charge in [-0.05, 0) is 18.2 Å². The molecule has 0 radical (unpaired) electrons. The summed E-state index contributed by atoms with van der Waals surface area (Å²) in [6.45, 7) is 0. The molecule has 0 spiro atoms. The zero-order valence-electron chi connectivity index (χ0n) is 10.6. The van der Waals surface area contributed by atoms with Crippen LogP contribution in [0.25, 0.3) is 12.2 Å². The number of nitrogens with one attached hydrogen (secondary N) is 1. The van der Waals surface area contributed by atoms with E-state index in [0.29, 0.717) is 5.70 Å². The quantitative estimate of drug-likeness (QED) is 0.713. The number of aromatic hydroxyl groups is 1. The molecule has 3 rings (SSSR count). The fourth-order valence-corrected chi connectivity index (χ4v) is 2.02. The normalized spacial score (nSPS) is 14.8. The Morgan fingerprint density at radius 3 is 2.80 bits per heavy atom. The Morgan fingerprint density at radius 1 is 1.30 bits per heavy atom. The summed E-state index contributed by atoms with van der Waals surface area (Å²) in [5, 5.41) is 11.6. The van der Waals surface area contributed by atoms with Gasteiger partial charge in [0.15, 0.2) is 0 Å². The zero-order chi connectivity index (χ0) is 14.3. The van der Waals surface area contributed by atoms with Gasteiger partial charge in [-0.15, -0.1) is 0 Å². The number of nitrogens with zero attached hydrogens (tertiary/aromatic N) is 2. The van der Waals surface area contributed by atoms with Crippen molar-refractivity contribution in [3.63, 3.8) is 0 Å². The van der Waals surface area contributed by atoms with E-state index in [4.69, 9.17) is 0 Å². The lowest BCUT2D eigenvalue weighted by Crippen LogP contribution is -2.29. The van der Waals surface area contributed by atoms with Gasteiger partial charge in [-0.2, -0.15) is 0 Å². The van der Waals surface area contributed by atoms with Crippen LogP contribution in [-0.4, -0.2) is 14.7 Å². The highest BCUT2D eigenvalue weighted by Gasteiger charge is 2.11. The fourth-order valence-electron chi connectivity index (χ4n) is 2.02. The van der Waals surface area contributed by atoms with E-state index < -0.39 is 11.2 Å². The second kappa shape index (κ2) is 4.34. The molecule has 0 atom stereocenters. The molecule has 0 fully saturated rings. The third kappa shape index (κ3) is 1.87. The molecule has 1 aliphatic heterocycles. The topological polar surface area (TPSA) is 87.4 Å². The number of hydrogen-bond donors (Lipinski definition) is 2. The van der Waals surface area contributed by atoms with Gasteiger partial charge >= 0.3 is 5.69 Å². The first-order valence-corrected chi connectivity index (χ1v) is 5.96. The number of fused-ring (bicyclic) bond motifs is 1. The minimum Gasteiger partial charge on any atom is -0.494 e. The zero-order valence-corrected chi connectivity index (χ0v) is 10.6. The summed E-state index contributed by atoms with van der Waals surface area (Å²) in [4.78, 5) is 29.5. The van der Waals surface area contributed by atoms with Crippen molar-refractivity contribution in [2.75, 3.05) is 0 Å². The minimum atomic E-state index is -0.662. The number of hydrogen-bond acceptors (Lipinski definition) is 4. The molecule has 2 aromatic rings. The monoisotopic (exact) mass is 269 g/mol. The number of para-hydroxylation sites is 1. The summed E-state index contributed by atoms with van der Waals surface area (Å²) in [5.74, 6) is -0.384. The molecule has 2 heterocycles. The van der Waals surface area contributed by atoms with Gasteiger partial charge in [0.25, 0.3) is 5.56 Å². The van der Waals surface area contributed by atoms with E-state index in [1.165, 1.54) is 13.1 Å². The van der Waals surface area contributed by atoms with Crippen LogP contribution in [0.1, 0.15) is 5.56 Å². The standard InChI is InChI=1S/C14H11N3O3/c1-17-13(19)10(12(18)16-14(17)20)7-9-6-8-4-2-3-5-11(8)15-9/h2-7,19H,1H3,(H,16,18,20)/b9-7-. The summed E-state index contributed by atoms with van der Waals surface area (Å²) >= 11 is 0. The van der Waals surface area contributed by atoms with Crippen LogP contribution in [0.2, 0.25) is 0 Å². The Labute approximate surface area is 112 Å². The van der Waals surface area contributed by atoms with Gasteiger partial charge < -0.3 is 5.11 Å². The molecule has 1 aliphatic rings. The van der Waals surface area contributed by atoms with E-state index in [1.54, 1.807) is 6.08 Å². The molecule has 1 aromatic carbocycles. The van der Waals surface area contributed by atoms with Crippen molar-refractivity contribution in [2.45, 2.75) is 0 Å². The number of aromatic amines is 1. The Balaban J connectivity index is 2.21. The maximum Gasteiger partial charge on any atom is 0.330 e. The molecule has 6 heteroatoms. The second-order valence-electron chi connectivity index (χ2n) is 4.44. The first kappa shape index (κ1) is 12.2. The van der Waals surface area contributed by atoms with E-state index in [2.05, 4.69) is 9.98 Å². The molecule has 0 saturated carbocycles. The Hall–Kier alpha value is -2.89. The van der Waals surface area contributed by atoms with Crippen LogP contribution >= 0.6 is 0 Å². The SMILES string of the molecule is Cn1c(O)c(/C=C2/C=c3ccccc3=N2)c(=O)[nH]c1=O. The molecule has 1 aromatic heterocycles. The molecule has 0 saturated heterocycles. The van der Waals surface area contributed by atoms with E-state index >= 15 is 0 Å². The maximum absolute atomic E-state index is 11.7. The second-order valence-corrected chi connectivity index (χ2v) is 4.44. The number of H-pyrrole nitrogens is 1. The molecule has 6 nitrogen and oxygen atoms in total. The Morgan fingerprint density at radius 2 is 2.05 bits per heavy atom. The summed E-state index contributed by atoms with van der Waals surface area (Å²) in [6, 6.07) is 7.53. The largest absolute Gasteiger partial charge is 0.494 e. The van der Waals surface area contributed by atoms with Crippen LogP contribution in [0.3, 0.4) is 0 Å². The van der Waals surface area contributed by atoms with Crippen molar-refractivity contribution in [1.82, 2.24) is 9.55 Å². The van der Waals surface area contributed by atoms with E-state index in [-0.39, 0.29) is 11.4 Å². The smallest absolute Gasteiger partial charge is 0.330 e. The van der Waals surface area contributed by atoms with Crippen molar-refractivity contribution in [3.05, 3.63) is 66.9 Å². The Bertz CT molecular complexity index is 927. The lowest BCUT2D eigenvalue weighted by molar-refractivity contribution is 0.416. The maximum atomic E-state index is 11.7. The summed E-state index contributed by atoms with van der Waals surface area (Å²) in [7, 11) is 1.37. The van der Waals surface area contributed by atoms with Gasteiger partial charge in [0, 0.05) is 12.3 Å². The lowest BCUT2D eigenvalue weighted by Gasteiger charge is -2.03. The molecule has 0 unspecified atom stereocenters. The van der Waals surface area contributed by atoms with Crippen LogP contribution in [0.15, 0.2) is 44.5 Å². The molecule has 20 heavy (non-hydrogen) atoms. The third-order valence-electron chi connectivity index (χ3n) is 3.11. The third-order valence-corrected chi connectivity index (χ3v) is 3.11. The highest BCUT2D eigenvalue weighted by atomic mass is 16.3. The molecular weight excluding hydrogens is 258 g/mol.